The second-order valence-corrected chi connectivity index (χ2v) is 7.66. The second-order valence-electron chi connectivity index (χ2n) is 7.66. The minimum atomic E-state index is -0.0493. The summed E-state index contributed by atoms with van der Waals surface area (Å²) in [6, 6.07) is 21.6. The molecule has 0 unspecified atom stereocenters. The lowest BCUT2D eigenvalue weighted by molar-refractivity contribution is 0.148. The van der Waals surface area contributed by atoms with E-state index in [-0.39, 0.29) is 6.03 Å². The molecule has 6 nitrogen and oxygen atoms in total. The molecule has 160 valence electrons. The first-order valence-electron chi connectivity index (χ1n) is 10.7. The summed E-state index contributed by atoms with van der Waals surface area (Å²) in [5.41, 5.74) is 3.20. The third-order valence-corrected chi connectivity index (χ3v) is 5.48. The van der Waals surface area contributed by atoms with Gasteiger partial charge in [-0.15, -0.1) is 0 Å². The average molecular weight is 417 g/mol. The van der Waals surface area contributed by atoms with E-state index in [0.29, 0.717) is 6.61 Å². The Morgan fingerprint density at radius 2 is 1.58 bits per heavy atom. The first-order chi connectivity index (χ1) is 15.3. The van der Waals surface area contributed by atoms with E-state index in [0.717, 1.165) is 56.1 Å². The maximum atomic E-state index is 12.6. The van der Waals surface area contributed by atoms with Crippen LogP contribution in [0.3, 0.4) is 0 Å². The number of nitrogens with zero attached hydrogens (tertiary/aromatic N) is 3. The number of anilines is 1. The molecular weight excluding hydrogens is 388 g/mol. The molecule has 6 heteroatoms. The van der Waals surface area contributed by atoms with Gasteiger partial charge in [-0.3, -0.25) is 9.88 Å². The van der Waals surface area contributed by atoms with Gasteiger partial charge in [0.2, 0.25) is 0 Å². The van der Waals surface area contributed by atoms with E-state index in [2.05, 4.69) is 27.3 Å². The van der Waals surface area contributed by atoms with Crippen molar-refractivity contribution in [2.75, 3.05) is 38.0 Å². The molecule has 0 saturated carbocycles. The van der Waals surface area contributed by atoms with Crippen molar-refractivity contribution in [3.05, 3.63) is 90.3 Å². The van der Waals surface area contributed by atoms with E-state index < -0.39 is 0 Å². The fraction of sp³-hybridized carbons (Fsp3) is 0.280. The number of hydrogen-bond donors (Lipinski definition) is 1. The third kappa shape index (κ3) is 6.30. The minimum absolute atomic E-state index is 0.0493. The van der Waals surface area contributed by atoms with Crippen molar-refractivity contribution in [2.24, 2.45) is 0 Å². The zero-order chi connectivity index (χ0) is 21.3. The molecule has 0 spiro atoms. The average Bonchev–Trinajstić information content (AvgIpc) is 2.84. The summed E-state index contributed by atoms with van der Waals surface area (Å²) in [4.78, 5) is 20.9. The molecule has 1 aliphatic heterocycles. The number of ether oxygens (including phenoxy) is 1. The molecule has 3 aromatic rings. The Morgan fingerprint density at radius 1 is 0.871 bits per heavy atom. The van der Waals surface area contributed by atoms with E-state index in [1.165, 1.54) is 5.56 Å². The largest absolute Gasteiger partial charge is 0.489 e. The van der Waals surface area contributed by atoms with Gasteiger partial charge in [0.05, 0.1) is 0 Å². The Kier molecular flexibility index (Phi) is 7.13. The lowest BCUT2D eigenvalue weighted by Crippen LogP contribution is -2.50. The first-order valence-corrected chi connectivity index (χ1v) is 10.7. The molecule has 4 rings (SSSR count). The fourth-order valence-electron chi connectivity index (χ4n) is 3.59. The Morgan fingerprint density at radius 3 is 2.29 bits per heavy atom. The molecule has 1 fully saturated rings. The molecule has 0 radical (unpaired) electrons. The summed E-state index contributed by atoms with van der Waals surface area (Å²) < 4.78 is 5.80. The van der Waals surface area contributed by atoms with Crippen molar-refractivity contribution in [3.63, 3.8) is 0 Å². The number of benzene rings is 2. The Labute approximate surface area is 183 Å². The predicted octanol–water partition coefficient (Wildman–Crippen LogP) is 4.05. The Bertz CT molecular complexity index is 940. The molecule has 1 N–H and O–H groups in total. The molecular formula is C25H28N4O2. The van der Waals surface area contributed by atoms with Crippen molar-refractivity contribution in [2.45, 2.75) is 13.0 Å². The van der Waals surface area contributed by atoms with E-state index >= 15 is 0 Å². The maximum Gasteiger partial charge on any atom is 0.321 e. The van der Waals surface area contributed by atoms with E-state index in [1.807, 2.05) is 71.9 Å². The van der Waals surface area contributed by atoms with Crippen molar-refractivity contribution < 1.29 is 9.53 Å². The molecule has 2 heterocycles. The Hall–Kier alpha value is -3.38. The number of nitrogens with one attached hydrogen (secondary N) is 1. The number of urea groups is 1. The van der Waals surface area contributed by atoms with Crippen LogP contribution in [0, 0.1) is 0 Å². The van der Waals surface area contributed by atoms with Gasteiger partial charge >= 0.3 is 6.03 Å². The van der Waals surface area contributed by atoms with E-state index in [1.54, 1.807) is 0 Å². The third-order valence-electron chi connectivity index (χ3n) is 5.48. The van der Waals surface area contributed by atoms with Gasteiger partial charge in [-0.05, 0) is 53.9 Å². The molecule has 2 amide bonds. The summed E-state index contributed by atoms with van der Waals surface area (Å²) in [6.45, 7) is 4.79. The topological polar surface area (TPSA) is 57.7 Å². The number of aromatic nitrogens is 1. The van der Waals surface area contributed by atoms with E-state index in [9.17, 15) is 4.79 Å². The highest BCUT2D eigenvalue weighted by atomic mass is 16.5. The van der Waals surface area contributed by atoms with Gasteiger partial charge in [0.25, 0.3) is 0 Å². The molecule has 31 heavy (non-hydrogen) atoms. The monoisotopic (exact) mass is 416 g/mol. The lowest BCUT2D eigenvalue weighted by Gasteiger charge is -2.34. The van der Waals surface area contributed by atoms with Crippen molar-refractivity contribution >= 4 is 11.7 Å². The van der Waals surface area contributed by atoms with Crippen LogP contribution in [0.15, 0.2) is 79.1 Å². The summed E-state index contributed by atoms with van der Waals surface area (Å²) >= 11 is 0. The molecule has 0 atom stereocenters. The van der Waals surface area contributed by atoms with Crippen LogP contribution in [0.25, 0.3) is 0 Å². The highest BCUT2D eigenvalue weighted by Gasteiger charge is 2.20. The molecule has 0 bridgehead atoms. The smallest absolute Gasteiger partial charge is 0.321 e. The number of carbonyl (C=O) groups is 1. The van der Waals surface area contributed by atoms with Gasteiger partial charge < -0.3 is 15.0 Å². The van der Waals surface area contributed by atoms with Crippen LogP contribution in [0.5, 0.6) is 5.75 Å². The van der Waals surface area contributed by atoms with Crippen LogP contribution in [0.1, 0.15) is 11.1 Å². The van der Waals surface area contributed by atoms with Crippen LogP contribution in [0.4, 0.5) is 10.5 Å². The first kappa shape index (κ1) is 20.9. The molecule has 2 aromatic carbocycles. The molecule has 0 aliphatic carbocycles. The van der Waals surface area contributed by atoms with Gasteiger partial charge in [0.1, 0.15) is 12.4 Å². The van der Waals surface area contributed by atoms with Gasteiger partial charge in [-0.25, -0.2) is 4.79 Å². The normalized spacial score (nSPS) is 14.3. The quantitative estimate of drug-likeness (QED) is 0.631. The summed E-state index contributed by atoms with van der Waals surface area (Å²) in [5, 5.41) is 2.99. The maximum absolute atomic E-state index is 12.6. The van der Waals surface area contributed by atoms with Gasteiger partial charge in [-0.1, -0.05) is 30.3 Å². The molecule has 1 saturated heterocycles. The zero-order valence-electron chi connectivity index (χ0n) is 17.6. The number of piperazine rings is 1. The summed E-state index contributed by atoms with van der Waals surface area (Å²) in [6.07, 6.45) is 4.67. The van der Waals surface area contributed by atoms with Gasteiger partial charge in [0, 0.05) is 50.8 Å². The number of rotatable bonds is 7. The van der Waals surface area contributed by atoms with Crippen molar-refractivity contribution in [3.8, 4) is 5.75 Å². The number of pyridine rings is 1. The van der Waals surface area contributed by atoms with Crippen LogP contribution >= 0.6 is 0 Å². The van der Waals surface area contributed by atoms with Crippen LogP contribution < -0.4 is 10.1 Å². The SMILES string of the molecule is O=C(Nc1ccc(OCc2ccccc2)cc1)N1CCN(CCc2ccncc2)CC1. The van der Waals surface area contributed by atoms with E-state index in [4.69, 9.17) is 4.74 Å². The van der Waals surface area contributed by atoms with Crippen LogP contribution in [-0.2, 0) is 13.0 Å². The molecule has 1 aromatic heterocycles. The molecule has 1 aliphatic rings. The van der Waals surface area contributed by atoms with Crippen molar-refractivity contribution in [1.29, 1.82) is 0 Å². The lowest BCUT2D eigenvalue weighted by atomic mass is 10.2. The Balaban J connectivity index is 1.19. The zero-order valence-corrected chi connectivity index (χ0v) is 17.6. The van der Waals surface area contributed by atoms with Gasteiger partial charge in [-0.2, -0.15) is 0 Å². The number of carbonyl (C=O) groups excluding carboxylic acids is 1. The number of hydrogen-bond acceptors (Lipinski definition) is 4. The standard InChI is InChI=1S/C25H28N4O2/c30-25(29-18-16-28(17-19-29)15-12-21-10-13-26-14-11-21)27-23-6-8-24(9-7-23)31-20-22-4-2-1-3-5-22/h1-11,13-14H,12,15-20H2,(H,27,30). The highest BCUT2D eigenvalue weighted by Crippen LogP contribution is 2.18. The number of amides is 2. The van der Waals surface area contributed by atoms with Crippen LogP contribution in [0.2, 0.25) is 0 Å². The predicted molar refractivity (Wildman–Crippen MR) is 122 cm³/mol. The summed E-state index contributed by atoms with van der Waals surface area (Å²) in [7, 11) is 0. The fourth-order valence-corrected chi connectivity index (χ4v) is 3.59. The highest BCUT2D eigenvalue weighted by molar-refractivity contribution is 5.89. The van der Waals surface area contributed by atoms with Gasteiger partial charge in [0.15, 0.2) is 0 Å². The second kappa shape index (κ2) is 10.6. The van der Waals surface area contributed by atoms with Crippen molar-refractivity contribution in [1.82, 2.24) is 14.8 Å². The van der Waals surface area contributed by atoms with Crippen LogP contribution in [-0.4, -0.2) is 53.5 Å². The minimum Gasteiger partial charge on any atom is -0.489 e. The summed E-state index contributed by atoms with van der Waals surface area (Å²) in [5.74, 6) is 0.782.